The summed E-state index contributed by atoms with van der Waals surface area (Å²) in [5.41, 5.74) is 13.4. The zero-order chi connectivity index (χ0) is 40.2. The van der Waals surface area contributed by atoms with Gasteiger partial charge in [0, 0.05) is 29.4 Å². The van der Waals surface area contributed by atoms with E-state index in [1.807, 2.05) is 0 Å². The van der Waals surface area contributed by atoms with Crippen LogP contribution in [0.2, 0.25) is 19.6 Å². The lowest BCUT2D eigenvalue weighted by Gasteiger charge is -2.27. The third kappa shape index (κ3) is 7.75. The molecule has 0 atom stereocenters. The summed E-state index contributed by atoms with van der Waals surface area (Å²) in [7, 11) is -1.71. The second-order valence-corrected chi connectivity index (χ2v) is 24.0. The number of nitrogens with zero attached hydrogens (tertiary/aromatic N) is 3. The van der Waals surface area contributed by atoms with Crippen LogP contribution in [0.5, 0.6) is 5.75 Å². The molecule has 0 aliphatic heterocycles. The fraction of sp³-hybridized carbons (Fsp3) is 0.294. The van der Waals surface area contributed by atoms with Gasteiger partial charge < -0.3 is 9.67 Å². The molecule has 0 aliphatic carbocycles. The minimum Gasteiger partial charge on any atom is -0.507 e. The highest BCUT2D eigenvalue weighted by Gasteiger charge is 2.29. The number of phenolic OH excluding ortho intramolecular Hbond substituents is 1. The first-order valence-corrected chi connectivity index (χ1v) is 23.5. The van der Waals surface area contributed by atoms with Crippen molar-refractivity contribution in [3.05, 3.63) is 133 Å². The Morgan fingerprint density at radius 2 is 1.25 bits per heavy atom. The molecule has 0 aliphatic rings. The first-order valence-electron chi connectivity index (χ1n) is 20.0. The van der Waals surface area contributed by atoms with Crippen LogP contribution >= 0.6 is 0 Å². The molecule has 0 fully saturated rings. The SMILES string of the molecule is CC(C)Cn1c(-c2cc(C(C)(C)C)cc(C(C)(C)C)c2O)nc2c(-c3cc(-c4ccccc4)cc(-c4cc(-c5ccccc5)c([Si](C)(C)C)cn4)c3)cccc21. The van der Waals surface area contributed by atoms with Crippen molar-refractivity contribution in [2.75, 3.05) is 0 Å². The van der Waals surface area contributed by atoms with E-state index in [-0.39, 0.29) is 10.8 Å². The van der Waals surface area contributed by atoms with E-state index in [1.165, 1.54) is 21.9 Å². The minimum atomic E-state index is -1.71. The molecule has 5 heteroatoms. The smallest absolute Gasteiger partial charge is 0.144 e. The molecule has 2 heterocycles. The van der Waals surface area contributed by atoms with Crippen molar-refractivity contribution in [3.63, 3.8) is 0 Å². The number of aromatic nitrogens is 3. The van der Waals surface area contributed by atoms with Crippen LogP contribution < -0.4 is 5.19 Å². The maximum Gasteiger partial charge on any atom is 0.144 e. The normalized spacial score (nSPS) is 12.5. The lowest BCUT2D eigenvalue weighted by atomic mass is 9.79. The van der Waals surface area contributed by atoms with E-state index < -0.39 is 8.07 Å². The topological polar surface area (TPSA) is 50.9 Å². The first-order chi connectivity index (χ1) is 26.4. The fourth-order valence-corrected chi connectivity index (χ4v) is 9.22. The van der Waals surface area contributed by atoms with Crippen LogP contribution in [0.15, 0.2) is 121 Å². The van der Waals surface area contributed by atoms with E-state index in [9.17, 15) is 5.11 Å². The highest BCUT2D eigenvalue weighted by Crippen LogP contribution is 2.44. The monoisotopic (exact) mass is 755 g/mol. The van der Waals surface area contributed by atoms with Crippen LogP contribution in [0.1, 0.15) is 66.5 Å². The Hall–Kier alpha value is -5.26. The third-order valence-electron chi connectivity index (χ3n) is 10.8. The number of rotatable bonds is 8. The largest absolute Gasteiger partial charge is 0.507 e. The molecular formula is C51H57N3OSi. The van der Waals surface area contributed by atoms with Gasteiger partial charge in [-0.05, 0) is 91.7 Å². The Morgan fingerprint density at radius 3 is 1.86 bits per heavy atom. The van der Waals surface area contributed by atoms with Crippen molar-refractivity contribution in [1.29, 1.82) is 0 Å². The molecule has 7 rings (SSSR count). The van der Waals surface area contributed by atoms with Crippen LogP contribution in [0.4, 0.5) is 0 Å². The van der Waals surface area contributed by atoms with Crippen LogP contribution in [0.3, 0.4) is 0 Å². The van der Waals surface area contributed by atoms with Crippen molar-refractivity contribution < 1.29 is 5.11 Å². The molecule has 1 N–H and O–H groups in total. The molecular weight excluding hydrogens is 699 g/mol. The van der Waals surface area contributed by atoms with Crippen LogP contribution in [0, 0.1) is 5.92 Å². The van der Waals surface area contributed by atoms with Gasteiger partial charge in [0.15, 0.2) is 0 Å². The van der Waals surface area contributed by atoms with Crippen molar-refractivity contribution in [2.45, 2.75) is 92.4 Å². The maximum absolute atomic E-state index is 12.1. The molecule has 0 saturated carbocycles. The third-order valence-corrected chi connectivity index (χ3v) is 12.8. The second kappa shape index (κ2) is 14.7. The molecule has 0 bridgehead atoms. The van der Waals surface area contributed by atoms with E-state index in [0.717, 1.165) is 68.0 Å². The summed E-state index contributed by atoms with van der Waals surface area (Å²) in [6, 6.07) is 41.4. The molecule has 0 radical (unpaired) electrons. The van der Waals surface area contributed by atoms with Crippen molar-refractivity contribution in [2.24, 2.45) is 5.92 Å². The lowest BCUT2D eigenvalue weighted by molar-refractivity contribution is 0.445. The number of para-hydroxylation sites is 1. The summed E-state index contributed by atoms with van der Waals surface area (Å²) in [5, 5.41) is 13.4. The van der Waals surface area contributed by atoms with Gasteiger partial charge in [-0.2, -0.15) is 0 Å². The predicted molar refractivity (Wildman–Crippen MR) is 242 cm³/mol. The fourth-order valence-electron chi connectivity index (χ4n) is 7.74. The zero-order valence-electron chi connectivity index (χ0n) is 35.1. The Balaban J connectivity index is 1.50. The van der Waals surface area contributed by atoms with Gasteiger partial charge in [-0.15, -0.1) is 0 Å². The molecule has 7 aromatic rings. The quantitative estimate of drug-likeness (QED) is 0.157. The van der Waals surface area contributed by atoms with E-state index in [0.29, 0.717) is 11.7 Å². The van der Waals surface area contributed by atoms with Crippen molar-refractivity contribution >= 4 is 24.3 Å². The van der Waals surface area contributed by atoms with E-state index in [1.54, 1.807) is 0 Å². The number of fused-ring (bicyclic) bond motifs is 1. The summed E-state index contributed by atoms with van der Waals surface area (Å²) in [6.07, 6.45) is 2.13. The Kier molecular flexibility index (Phi) is 10.2. The van der Waals surface area contributed by atoms with Gasteiger partial charge in [0.1, 0.15) is 11.6 Å². The number of pyridine rings is 1. The van der Waals surface area contributed by atoms with Gasteiger partial charge in [0.05, 0.1) is 30.4 Å². The summed E-state index contributed by atoms with van der Waals surface area (Å²) >= 11 is 0. The summed E-state index contributed by atoms with van der Waals surface area (Å²) in [4.78, 5) is 10.7. The number of aromatic hydroxyl groups is 1. The van der Waals surface area contributed by atoms with E-state index >= 15 is 0 Å². The Morgan fingerprint density at radius 1 is 0.625 bits per heavy atom. The molecule has 286 valence electrons. The zero-order valence-corrected chi connectivity index (χ0v) is 36.1. The number of hydrogen-bond acceptors (Lipinski definition) is 3. The Bertz CT molecular complexity index is 2530. The van der Waals surface area contributed by atoms with E-state index in [2.05, 4.69) is 201 Å². The number of imidazole rings is 1. The predicted octanol–water partition coefficient (Wildman–Crippen LogP) is 13.3. The average molecular weight is 756 g/mol. The molecule has 5 aromatic carbocycles. The Labute approximate surface area is 335 Å². The molecule has 0 amide bonds. The first kappa shape index (κ1) is 39.0. The molecule has 0 saturated heterocycles. The van der Waals surface area contributed by atoms with E-state index in [4.69, 9.17) is 9.97 Å². The molecule has 2 aromatic heterocycles. The van der Waals surface area contributed by atoms with Gasteiger partial charge in [0.25, 0.3) is 0 Å². The molecule has 56 heavy (non-hydrogen) atoms. The highest BCUT2D eigenvalue weighted by molar-refractivity contribution is 6.89. The summed E-state index contributed by atoms with van der Waals surface area (Å²) in [5.74, 6) is 1.47. The van der Waals surface area contributed by atoms with Crippen molar-refractivity contribution in [1.82, 2.24) is 14.5 Å². The molecule has 0 spiro atoms. The molecule has 4 nitrogen and oxygen atoms in total. The van der Waals surface area contributed by atoms with Crippen LogP contribution in [0.25, 0.3) is 67.1 Å². The standard InChI is InChI=1S/C51H57N3OSi/c1-33(2)32-54-45-24-18-23-40(47(45)53-49(54)42-28-39(50(3,4)5)29-43(48(42)55)51(6,7)8)37-25-36(34-19-14-12-15-20-34)26-38(27-37)44-30-41(35-21-16-13-17-22-35)46(31-52-44)56(9,10)11/h12-31,33,55H,32H2,1-11H3. The summed E-state index contributed by atoms with van der Waals surface area (Å²) < 4.78 is 2.32. The van der Waals surface area contributed by atoms with Crippen LogP contribution in [-0.2, 0) is 17.4 Å². The average Bonchev–Trinajstić information content (AvgIpc) is 3.51. The second-order valence-electron chi connectivity index (χ2n) is 18.9. The van der Waals surface area contributed by atoms with Gasteiger partial charge >= 0.3 is 0 Å². The number of phenols is 1. The number of benzene rings is 5. The highest BCUT2D eigenvalue weighted by atomic mass is 28.3. The number of hydrogen-bond donors (Lipinski definition) is 1. The van der Waals surface area contributed by atoms with Crippen LogP contribution in [-0.4, -0.2) is 27.7 Å². The maximum atomic E-state index is 12.1. The minimum absolute atomic E-state index is 0.113. The lowest BCUT2D eigenvalue weighted by Crippen LogP contribution is -2.39. The van der Waals surface area contributed by atoms with Crippen molar-refractivity contribution in [3.8, 4) is 61.8 Å². The molecule has 0 unspecified atom stereocenters. The van der Waals surface area contributed by atoms with Gasteiger partial charge in [-0.1, -0.05) is 154 Å². The summed E-state index contributed by atoms with van der Waals surface area (Å²) in [6.45, 7) is 25.6. The van der Waals surface area contributed by atoms with Gasteiger partial charge in [-0.3, -0.25) is 4.98 Å². The van der Waals surface area contributed by atoms with Gasteiger partial charge in [0.2, 0.25) is 0 Å². The van der Waals surface area contributed by atoms with Gasteiger partial charge in [-0.25, -0.2) is 4.98 Å².